The highest BCUT2D eigenvalue weighted by Gasteiger charge is 2.41. The average molecular weight is 178 g/mol. The van der Waals surface area contributed by atoms with Crippen molar-refractivity contribution < 1.29 is 24.8 Å². The van der Waals surface area contributed by atoms with E-state index in [-0.39, 0.29) is 0 Å². The van der Waals surface area contributed by atoms with E-state index in [1.54, 1.807) is 6.92 Å². The van der Waals surface area contributed by atoms with Crippen LogP contribution in [0.5, 0.6) is 0 Å². The molecule has 12 heavy (non-hydrogen) atoms. The molecule has 0 aromatic rings. The molecule has 0 saturated carbocycles. The minimum atomic E-state index is -1.21. The van der Waals surface area contributed by atoms with Crippen LogP contribution in [0.2, 0.25) is 0 Å². The zero-order valence-corrected chi connectivity index (χ0v) is 7.04. The Morgan fingerprint density at radius 2 is 1.67 bits per heavy atom. The summed E-state index contributed by atoms with van der Waals surface area (Å²) in [6, 6.07) is 0. The maximum atomic E-state index is 9.27. The summed E-state index contributed by atoms with van der Waals surface area (Å²) in [5.41, 5.74) is 0. The van der Waals surface area contributed by atoms with Crippen molar-refractivity contribution >= 4 is 0 Å². The lowest BCUT2D eigenvalue weighted by Crippen LogP contribution is -2.57. The number of hydrogen-bond acceptors (Lipinski definition) is 5. The average Bonchev–Trinajstić information content (AvgIpc) is 2.08. The third kappa shape index (κ3) is 1.60. The topological polar surface area (TPSA) is 79.2 Å². The Morgan fingerprint density at radius 1 is 1.08 bits per heavy atom. The van der Waals surface area contributed by atoms with Crippen LogP contribution in [0.1, 0.15) is 6.92 Å². The summed E-state index contributed by atoms with van der Waals surface area (Å²) in [4.78, 5) is 0. The van der Waals surface area contributed by atoms with Gasteiger partial charge < -0.3 is 24.8 Å². The Morgan fingerprint density at radius 3 is 2.17 bits per heavy atom. The summed E-state index contributed by atoms with van der Waals surface area (Å²) in [7, 11) is 1.37. The molecule has 5 heteroatoms. The molecule has 5 nitrogen and oxygen atoms in total. The van der Waals surface area contributed by atoms with Gasteiger partial charge in [0, 0.05) is 7.11 Å². The summed E-state index contributed by atoms with van der Waals surface area (Å²) in [5, 5.41) is 27.8. The van der Waals surface area contributed by atoms with Gasteiger partial charge in [0.1, 0.15) is 18.3 Å². The van der Waals surface area contributed by atoms with Crippen LogP contribution in [0.3, 0.4) is 0 Å². The van der Waals surface area contributed by atoms with Crippen LogP contribution in [-0.4, -0.2) is 53.1 Å². The van der Waals surface area contributed by atoms with Crippen molar-refractivity contribution in [2.24, 2.45) is 0 Å². The second kappa shape index (κ2) is 3.68. The molecule has 1 rings (SSSR count). The number of ether oxygens (including phenoxy) is 2. The zero-order valence-electron chi connectivity index (χ0n) is 7.04. The molecule has 1 aliphatic rings. The SMILES string of the molecule is CO[C@H]1O[C@H](C)[C@@H](O)[C@@H](O)[C@H]1O. The molecule has 0 aliphatic carbocycles. The van der Waals surface area contributed by atoms with E-state index in [0.29, 0.717) is 0 Å². The van der Waals surface area contributed by atoms with Crippen LogP contribution in [0.15, 0.2) is 0 Å². The first-order chi connectivity index (χ1) is 5.57. The van der Waals surface area contributed by atoms with Gasteiger partial charge in [0.15, 0.2) is 6.29 Å². The van der Waals surface area contributed by atoms with Crippen LogP contribution in [0.25, 0.3) is 0 Å². The maximum Gasteiger partial charge on any atom is 0.186 e. The molecule has 0 aromatic carbocycles. The Hall–Kier alpha value is -0.200. The van der Waals surface area contributed by atoms with Gasteiger partial charge in [-0.2, -0.15) is 0 Å². The first-order valence-electron chi connectivity index (χ1n) is 3.80. The van der Waals surface area contributed by atoms with Gasteiger partial charge in [-0.3, -0.25) is 0 Å². The molecule has 1 heterocycles. The molecule has 0 bridgehead atoms. The Labute approximate surface area is 70.5 Å². The van der Waals surface area contributed by atoms with E-state index in [4.69, 9.17) is 9.47 Å². The number of aliphatic hydroxyl groups excluding tert-OH is 3. The highest BCUT2D eigenvalue weighted by Crippen LogP contribution is 2.20. The Balaban J connectivity index is 2.63. The predicted octanol–water partition coefficient (Wildman–Crippen LogP) is -1.54. The molecule has 0 spiro atoms. The monoisotopic (exact) mass is 178 g/mol. The molecule has 0 amide bonds. The zero-order chi connectivity index (χ0) is 9.30. The molecule has 1 aliphatic heterocycles. The third-order valence-electron chi connectivity index (χ3n) is 2.04. The first-order valence-corrected chi connectivity index (χ1v) is 3.80. The van der Waals surface area contributed by atoms with Crippen molar-refractivity contribution in [3.05, 3.63) is 0 Å². The van der Waals surface area contributed by atoms with Crippen LogP contribution >= 0.6 is 0 Å². The van der Waals surface area contributed by atoms with E-state index in [9.17, 15) is 15.3 Å². The summed E-state index contributed by atoms with van der Waals surface area (Å²) in [5.74, 6) is 0. The van der Waals surface area contributed by atoms with Crippen LogP contribution in [0.4, 0.5) is 0 Å². The fourth-order valence-corrected chi connectivity index (χ4v) is 1.21. The number of hydrogen-bond donors (Lipinski definition) is 3. The van der Waals surface area contributed by atoms with Gasteiger partial charge in [0.05, 0.1) is 6.10 Å². The van der Waals surface area contributed by atoms with Gasteiger partial charge in [0.25, 0.3) is 0 Å². The summed E-state index contributed by atoms with van der Waals surface area (Å²) in [6.45, 7) is 1.60. The van der Waals surface area contributed by atoms with E-state index in [1.165, 1.54) is 7.11 Å². The van der Waals surface area contributed by atoms with Crippen molar-refractivity contribution in [1.29, 1.82) is 0 Å². The highest BCUT2D eigenvalue weighted by atomic mass is 16.7. The minimum absolute atomic E-state index is 0.534. The van der Waals surface area contributed by atoms with E-state index < -0.39 is 30.7 Å². The molecule has 1 saturated heterocycles. The summed E-state index contributed by atoms with van der Waals surface area (Å²) in [6.07, 6.45) is -4.86. The standard InChI is InChI=1S/C7H14O5/c1-3-4(8)5(9)6(10)7(11-2)12-3/h3-10H,1-2H3/t3-,4-,5-,6-,7+/m1/s1. The Kier molecular flexibility index (Phi) is 3.03. The Bertz CT molecular complexity index is 146. The summed E-state index contributed by atoms with van der Waals surface area (Å²) < 4.78 is 9.80. The van der Waals surface area contributed by atoms with E-state index >= 15 is 0 Å². The second-order valence-corrected chi connectivity index (χ2v) is 2.92. The molecular formula is C7H14O5. The predicted molar refractivity (Wildman–Crippen MR) is 39.4 cm³/mol. The fraction of sp³-hybridized carbons (Fsp3) is 1.00. The lowest BCUT2D eigenvalue weighted by atomic mass is 10.0. The van der Waals surface area contributed by atoms with Crippen molar-refractivity contribution in [3.8, 4) is 0 Å². The molecule has 0 aromatic heterocycles. The van der Waals surface area contributed by atoms with Crippen LogP contribution in [-0.2, 0) is 9.47 Å². The van der Waals surface area contributed by atoms with E-state index in [2.05, 4.69) is 0 Å². The van der Waals surface area contributed by atoms with E-state index in [1.807, 2.05) is 0 Å². The number of aliphatic hydroxyl groups is 3. The van der Waals surface area contributed by atoms with Crippen molar-refractivity contribution in [3.63, 3.8) is 0 Å². The first kappa shape index (κ1) is 9.88. The normalized spacial score (nSPS) is 49.2. The van der Waals surface area contributed by atoms with Gasteiger partial charge in [-0.25, -0.2) is 0 Å². The largest absolute Gasteiger partial charge is 0.388 e. The quantitative estimate of drug-likeness (QED) is 0.453. The molecule has 72 valence electrons. The maximum absolute atomic E-state index is 9.27. The van der Waals surface area contributed by atoms with Crippen molar-refractivity contribution in [1.82, 2.24) is 0 Å². The van der Waals surface area contributed by atoms with E-state index in [0.717, 1.165) is 0 Å². The highest BCUT2D eigenvalue weighted by molar-refractivity contribution is 4.86. The smallest absolute Gasteiger partial charge is 0.186 e. The molecule has 0 radical (unpaired) electrons. The van der Waals surface area contributed by atoms with Crippen LogP contribution < -0.4 is 0 Å². The molecule has 0 unspecified atom stereocenters. The summed E-state index contributed by atoms with van der Waals surface area (Å²) >= 11 is 0. The van der Waals surface area contributed by atoms with Gasteiger partial charge >= 0.3 is 0 Å². The lowest BCUT2D eigenvalue weighted by molar-refractivity contribution is -0.286. The van der Waals surface area contributed by atoms with Gasteiger partial charge in [-0.1, -0.05) is 0 Å². The molecular weight excluding hydrogens is 164 g/mol. The fourth-order valence-electron chi connectivity index (χ4n) is 1.21. The van der Waals surface area contributed by atoms with Crippen LogP contribution in [0, 0.1) is 0 Å². The lowest BCUT2D eigenvalue weighted by Gasteiger charge is -2.38. The molecule has 1 fully saturated rings. The number of rotatable bonds is 1. The second-order valence-electron chi connectivity index (χ2n) is 2.92. The molecule has 3 N–H and O–H groups in total. The van der Waals surface area contributed by atoms with Crippen molar-refractivity contribution in [2.45, 2.75) is 37.6 Å². The van der Waals surface area contributed by atoms with Gasteiger partial charge in [-0.05, 0) is 6.92 Å². The van der Waals surface area contributed by atoms with Gasteiger partial charge in [-0.15, -0.1) is 0 Å². The minimum Gasteiger partial charge on any atom is -0.388 e. The van der Waals surface area contributed by atoms with Crippen molar-refractivity contribution in [2.75, 3.05) is 7.11 Å². The third-order valence-corrected chi connectivity index (χ3v) is 2.04. The molecule has 5 atom stereocenters. The number of methoxy groups -OCH3 is 1. The van der Waals surface area contributed by atoms with Gasteiger partial charge in [0.2, 0.25) is 0 Å².